The van der Waals surface area contributed by atoms with Crippen molar-refractivity contribution >= 4 is 5.97 Å². The lowest BCUT2D eigenvalue weighted by Gasteiger charge is -2.27. The van der Waals surface area contributed by atoms with Gasteiger partial charge in [0.2, 0.25) is 0 Å². The second kappa shape index (κ2) is 9.81. The lowest BCUT2D eigenvalue weighted by atomic mass is 9.98. The summed E-state index contributed by atoms with van der Waals surface area (Å²) in [6.07, 6.45) is 0. The topological polar surface area (TPSA) is 29.5 Å². The van der Waals surface area contributed by atoms with E-state index in [2.05, 4.69) is 17.0 Å². The molecule has 3 aromatic rings. The van der Waals surface area contributed by atoms with E-state index in [-0.39, 0.29) is 11.8 Å². The summed E-state index contributed by atoms with van der Waals surface area (Å²) < 4.78 is 18.3. The zero-order valence-electron chi connectivity index (χ0n) is 15.9. The molecule has 0 N–H and O–H groups in total. The molecule has 28 heavy (non-hydrogen) atoms. The van der Waals surface area contributed by atoms with E-state index in [1.54, 1.807) is 12.1 Å². The number of carbonyl (C=O) groups excluding carboxylic acids is 1. The Kier molecular flexibility index (Phi) is 6.93. The van der Waals surface area contributed by atoms with Gasteiger partial charge in [-0.3, -0.25) is 9.69 Å². The van der Waals surface area contributed by atoms with Crippen molar-refractivity contribution in [2.75, 3.05) is 13.7 Å². The van der Waals surface area contributed by atoms with Crippen molar-refractivity contribution in [3.05, 3.63) is 107 Å². The quantitative estimate of drug-likeness (QED) is 0.529. The molecule has 0 aliphatic carbocycles. The van der Waals surface area contributed by atoms with Crippen LogP contribution in [-0.4, -0.2) is 24.5 Å². The molecule has 0 aliphatic heterocycles. The van der Waals surface area contributed by atoms with Crippen molar-refractivity contribution in [3.63, 3.8) is 0 Å². The highest BCUT2D eigenvalue weighted by molar-refractivity contribution is 5.78. The number of halogens is 1. The Bertz CT molecular complexity index is 866. The number of hydrogen-bond donors (Lipinski definition) is 0. The highest BCUT2D eigenvalue weighted by atomic mass is 19.1. The Hall–Kier alpha value is -2.98. The van der Waals surface area contributed by atoms with Gasteiger partial charge in [0, 0.05) is 19.6 Å². The molecule has 0 bridgehead atoms. The van der Waals surface area contributed by atoms with Crippen LogP contribution in [0.2, 0.25) is 0 Å². The Morgan fingerprint density at radius 2 is 1.39 bits per heavy atom. The summed E-state index contributed by atoms with van der Waals surface area (Å²) in [5, 5.41) is 0. The van der Waals surface area contributed by atoms with Gasteiger partial charge in [0.1, 0.15) is 5.82 Å². The summed E-state index contributed by atoms with van der Waals surface area (Å²) in [5.74, 6) is -0.909. The van der Waals surface area contributed by atoms with Gasteiger partial charge in [-0.2, -0.15) is 0 Å². The predicted octanol–water partition coefficient (Wildman–Crippen LogP) is 4.78. The lowest BCUT2D eigenvalue weighted by molar-refractivity contribution is -0.143. The SMILES string of the molecule is COC(=O)[C@H](CN(Cc1ccccc1)Cc1ccc(F)cc1)c1ccccc1. The summed E-state index contributed by atoms with van der Waals surface area (Å²) in [5.41, 5.74) is 3.07. The van der Waals surface area contributed by atoms with Gasteiger partial charge in [0.25, 0.3) is 0 Å². The van der Waals surface area contributed by atoms with E-state index in [0.717, 1.165) is 16.7 Å². The predicted molar refractivity (Wildman–Crippen MR) is 108 cm³/mol. The molecule has 0 fully saturated rings. The first-order chi connectivity index (χ1) is 13.7. The number of ether oxygens (including phenoxy) is 1. The first kappa shape index (κ1) is 19.8. The van der Waals surface area contributed by atoms with Gasteiger partial charge in [-0.15, -0.1) is 0 Å². The van der Waals surface area contributed by atoms with Crippen LogP contribution in [0.25, 0.3) is 0 Å². The summed E-state index contributed by atoms with van der Waals surface area (Å²) >= 11 is 0. The van der Waals surface area contributed by atoms with Crippen molar-refractivity contribution in [2.24, 2.45) is 0 Å². The van der Waals surface area contributed by atoms with E-state index in [9.17, 15) is 9.18 Å². The van der Waals surface area contributed by atoms with Gasteiger partial charge < -0.3 is 4.74 Å². The number of benzene rings is 3. The fourth-order valence-corrected chi connectivity index (χ4v) is 3.28. The normalized spacial score (nSPS) is 12.0. The van der Waals surface area contributed by atoms with Crippen molar-refractivity contribution in [1.29, 1.82) is 0 Å². The first-order valence-electron chi connectivity index (χ1n) is 9.29. The number of esters is 1. The number of methoxy groups -OCH3 is 1. The fraction of sp³-hybridized carbons (Fsp3) is 0.208. The van der Waals surface area contributed by atoms with Crippen LogP contribution in [0, 0.1) is 5.82 Å². The third-order valence-corrected chi connectivity index (χ3v) is 4.70. The third kappa shape index (κ3) is 5.51. The monoisotopic (exact) mass is 377 g/mol. The summed E-state index contributed by atoms with van der Waals surface area (Å²) in [6, 6.07) is 26.3. The van der Waals surface area contributed by atoms with Gasteiger partial charge in [0.05, 0.1) is 13.0 Å². The molecule has 0 radical (unpaired) electrons. The van der Waals surface area contributed by atoms with Crippen LogP contribution in [-0.2, 0) is 22.6 Å². The molecule has 3 rings (SSSR count). The van der Waals surface area contributed by atoms with Crippen LogP contribution >= 0.6 is 0 Å². The van der Waals surface area contributed by atoms with Gasteiger partial charge in [-0.05, 0) is 28.8 Å². The highest BCUT2D eigenvalue weighted by Gasteiger charge is 2.24. The number of hydrogen-bond acceptors (Lipinski definition) is 3. The Labute approximate surface area is 165 Å². The molecular formula is C24H24FNO2. The van der Waals surface area contributed by atoms with Crippen molar-refractivity contribution < 1.29 is 13.9 Å². The maximum absolute atomic E-state index is 13.3. The van der Waals surface area contributed by atoms with Crippen LogP contribution in [0.4, 0.5) is 4.39 Å². The highest BCUT2D eigenvalue weighted by Crippen LogP contribution is 2.21. The molecule has 0 heterocycles. The standard InChI is InChI=1S/C24H24FNO2/c1-28-24(27)23(21-10-6-3-7-11-21)18-26(16-19-8-4-2-5-9-19)17-20-12-14-22(25)15-13-20/h2-15,23H,16-18H2,1H3/t23-/m1/s1. The van der Waals surface area contributed by atoms with Gasteiger partial charge >= 0.3 is 5.97 Å². The van der Waals surface area contributed by atoms with Crippen LogP contribution in [0.3, 0.4) is 0 Å². The Morgan fingerprint density at radius 3 is 1.96 bits per heavy atom. The van der Waals surface area contributed by atoms with E-state index in [0.29, 0.717) is 19.6 Å². The summed E-state index contributed by atoms with van der Waals surface area (Å²) in [7, 11) is 1.42. The number of rotatable bonds is 8. The zero-order valence-corrected chi connectivity index (χ0v) is 15.9. The average Bonchev–Trinajstić information content (AvgIpc) is 2.74. The number of carbonyl (C=O) groups is 1. The minimum Gasteiger partial charge on any atom is -0.469 e. The van der Waals surface area contributed by atoms with E-state index < -0.39 is 5.92 Å². The van der Waals surface area contributed by atoms with Crippen molar-refractivity contribution in [2.45, 2.75) is 19.0 Å². The molecule has 3 aromatic carbocycles. The number of nitrogens with zero attached hydrogens (tertiary/aromatic N) is 1. The fourth-order valence-electron chi connectivity index (χ4n) is 3.28. The largest absolute Gasteiger partial charge is 0.469 e. The van der Waals surface area contributed by atoms with Crippen LogP contribution in [0.1, 0.15) is 22.6 Å². The molecule has 0 aromatic heterocycles. The van der Waals surface area contributed by atoms with Crippen LogP contribution in [0.5, 0.6) is 0 Å². The smallest absolute Gasteiger partial charge is 0.314 e. The Morgan fingerprint density at radius 1 is 0.857 bits per heavy atom. The zero-order chi connectivity index (χ0) is 19.8. The van der Waals surface area contributed by atoms with Gasteiger partial charge in [0.15, 0.2) is 0 Å². The lowest BCUT2D eigenvalue weighted by Crippen LogP contribution is -2.32. The minimum absolute atomic E-state index is 0.255. The van der Waals surface area contributed by atoms with Crippen molar-refractivity contribution in [1.82, 2.24) is 4.90 Å². The molecule has 0 unspecified atom stereocenters. The third-order valence-electron chi connectivity index (χ3n) is 4.70. The van der Waals surface area contributed by atoms with Gasteiger partial charge in [-0.25, -0.2) is 4.39 Å². The molecule has 4 heteroatoms. The van der Waals surface area contributed by atoms with E-state index in [1.165, 1.54) is 19.2 Å². The molecule has 0 amide bonds. The first-order valence-corrected chi connectivity index (χ1v) is 9.29. The summed E-state index contributed by atoms with van der Waals surface area (Å²) in [6.45, 7) is 1.79. The Balaban J connectivity index is 1.85. The average molecular weight is 377 g/mol. The molecular weight excluding hydrogens is 353 g/mol. The second-order valence-electron chi connectivity index (χ2n) is 6.77. The molecule has 0 saturated heterocycles. The summed E-state index contributed by atoms with van der Waals surface area (Å²) in [4.78, 5) is 14.7. The maximum Gasteiger partial charge on any atom is 0.314 e. The minimum atomic E-state index is -0.393. The molecule has 144 valence electrons. The van der Waals surface area contributed by atoms with E-state index in [4.69, 9.17) is 4.74 Å². The molecule has 1 atom stereocenters. The van der Waals surface area contributed by atoms with Crippen molar-refractivity contribution in [3.8, 4) is 0 Å². The van der Waals surface area contributed by atoms with E-state index in [1.807, 2.05) is 48.5 Å². The van der Waals surface area contributed by atoms with Crippen LogP contribution < -0.4 is 0 Å². The molecule has 3 nitrogen and oxygen atoms in total. The van der Waals surface area contributed by atoms with E-state index >= 15 is 0 Å². The molecule has 0 saturated carbocycles. The maximum atomic E-state index is 13.3. The molecule has 0 aliphatic rings. The second-order valence-corrected chi connectivity index (χ2v) is 6.77. The molecule has 0 spiro atoms. The van der Waals surface area contributed by atoms with Gasteiger partial charge in [-0.1, -0.05) is 72.8 Å². The van der Waals surface area contributed by atoms with Crippen LogP contribution in [0.15, 0.2) is 84.9 Å².